The molecular formula is C14H16ClN5O3. The molecule has 2 N–H and O–H groups in total. The number of ether oxygens (including phenoxy) is 3. The van der Waals surface area contributed by atoms with Gasteiger partial charge in [-0.25, -0.2) is 9.97 Å². The Balaban J connectivity index is 0.00000192. The summed E-state index contributed by atoms with van der Waals surface area (Å²) in [6.45, 7) is 0. The molecule has 0 fully saturated rings. The summed E-state index contributed by atoms with van der Waals surface area (Å²) in [7, 11) is 4.70. The number of nitrogens with zero attached hydrogens (tertiary/aromatic N) is 3. The van der Waals surface area contributed by atoms with Crippen LogP contribution in [0.1, 0.15) is 0 Å². The van der Waals surface area contributed by atoms with Crippen LogP contribution >= 0.6 is 12.4 Å². The minimum absolute atomic E-state index is 0. The van der Waals surface area contributed by atoms with Gasteiger partial charge in [-0.1, -0.05) is 0 Å². The van der Waals surface area contributed by atoms with E-state index in [0.717, 1.165) is 11.1 Å². The molecule has 3 aromatic rings. The van der Waals surface area contributed by atoms with Gasteiger partial charge < -0.3 is 19.5 Å². The molecule has 2 aromatic heterocycles. The number of hydrogen-bond donors (Lipinski definition) is 2. The van der Waals surface area contributed by atoms with Crippen molar-refractivity contribution in [1.29, 1.82) is 0 Å². The number of halogens is 1. The highest BCUT2D eigenvalue weighted by Crippen LogP contribution is 2.40. The molecule has 0 amide bonds. The summed E-state index contributed by atoms with van der Waals surface area (Å²) in [4.78, 5) is 8.33. The summed E-state index contributed by atoms with van der Waals surface area (Å²) in [6, 6.07) is 3.60. The van der Waals surface area contributed by atoms with Crippen molar-refractivity contribution in [2.24, 2.45) is 0 Å². The Morgan fingerprint density at radius 2 is 1.70 bits per heavy atom. The fourth-order valence-electron chi connectivity index (χ4n) is 2.15. The maximum atomic E-state index is 5.33. The van der Waals surface area contributed by atoms with Gasteiger partial charge >= 0.3 is 0 Å². The summed E-state index contributed by atoms with van der Waals surface area (Å²) in [6.07, 6.45) is 3.12. The zero-order valence-corrected chi connectivity index (χ0v) is 13.6. The number of aromatic amines is 1. The van der Waals surface area contributed by atoms with Crippen molar-refractivity contribution in [2.75, 3.05) is 26.6 Å². The topological polar surface area (TPSA) is 94.2 Å². The third kappa shape index (κ3) is 3.07. The van der Waals surface area contributed by atoms with Gasteiger partial charge in [0, 0.05) is 17.8 Å². The van der Waals surface area contributed by atoms with Gasteiger partial charge in [-0.15, -0.1) is 12.4 Å². The molecule has 0 radical (unpaired) electrons. The molecule has 9 heteroatoms. The van der Waals surface area contributed by atoms with E-state index in [9.17, 15) is 0 Å². The Labute approximate surface area is 138 Å². The zero-order chi connectivity index (χ0) is 15.5. The average molecular weight is 338 g/mol. The van der Waals surface area contributed by atoms with Crippen molar-refractivity contribution in [3.05, 3.63) is 24.7 Å². The highest BCUT2D eigenvalue weighted by Gasteiger charge is 2.14. The van der Waals surface area contributed by atoms with Crippen molar-refractivity contribution in [1.82, 2.24) is 20.2 Å². The van der Waals surface area contributed by atoms with Crippen LogP contribution in [0.5, 0.6) is 17.2 Å². The number of H-pyrrole nitrogens is 1. The molecule has 0 atom stereocenters. The number of aromatic nitrogens is 4. The van der Waals surface area contributed by atoms with Gasteiger partial charge in [-0.05, 0) is 0 Å². The van der Waals surface area contributed by atoms with E-state index in [2.05, 4.69) is 25.5 Å². The largest absolute Gasteiger partial charge is 0.493 e. The summed E-state index contributed by atoms with van der Waals surface area (Å²) in [5.74, 6) is 2.28. The van der Waals surface area contributed by atoms with E-state index in [1.807, 2.05) is 0 Å². The van der Waals surface area contributed by atoms with Crippen LogP contribution in [0.4, 0.5) is 11.5 Å². The number of fused-ring (bicyclic) bond motifs is 1. The van der Waals surface area contributed by atoms with Crippen molar-refractivity contribution in [2.45, 2.75) is 0 Å². The van der Waals surface area contributed by atoms with Crippen LogP contribution in [0, 0.1) is 0 Å². The molecule has 8 nitrogen and oxygen atoms in total. The van der Waals surface area contributed by atoms with Gasteiger partial charge in [-0.3, -0.25) is 5.10 Å². The third-order valence-corrected chi connectivity index (χ3v) is 3.18. The molecule has 1 aromatic carbocycles. The second-order valence-electron chi connectivity index (χ2n) is 4.39. The first kappa shape index (κ1) is 16.6. The lowest BCUT2D eigenvalue weighted by Crippen LogP contribution is -1.99. The standard InChI is InChI=1S/C14H15N5O3.ClH/c1-20-10-4-8(5-11(21-2)12(10)22-3)18-13-9-6-17-19-14(9)16-7-15-13;/h4-7H,1-3H3,(H2,15,16,17,18,19);1H. The first-order chi connectivity index (χ1) is 10.8. The molecule has 2 heterocycles. The molecule has 0 aliphatic heterocycles. The van der Waals surface area contributed by atoms with E-state index in [1.54, 1.807) is 39.7 Å². The predicted octanol–water partition coefficient (Wildman–Crippen LogP) is 2.54. The Kier molecular flexibility index (Phi) is 5.07. The van der Waals surface area contributed by atoms with Gasteiger partial charge in [0.25, 0.3) is 0 Å². The van der Waals surface area contributed by atoms with Gasteiger partial charge in [0.1, 0.15) is 12.1 Å². The Morgan fingerprint density at radius 3 is 2.30 bits per heavy atom. The van der Waals surface area contributed by atoms with Crippen LogP contribution in [0.25, 0.3) is 11.0 Å². The molecule has 0 aliphatic rings. The molecule has 0 saturated carbocycles. The normalized spacial score (nSPS) is 10.0. The van der Waals surface area contributed by atoms with E-state index < -0.39 is 0 Å². The lowest BCUT2D eigenvalue weighted by atomic mass is 10.2. The van der Waals surface area contributed by atoms with Gasteiger partial charge in [0.15, 0.2) is 17.1 Å². The fraction of sp³-hybridized carbons (Fsp3) is 0.214. The van der Waals surface area contributed by atoms with E-state index in [1.165, 1.54) is 6.33 Å². The molecule has 0 bridgehead atoms. The minimum atomic E-state index is 0. The molecule has 3 rings (SSSR count). The molecule has 0 spiro atoms. The van der Waals surface area contributed by atoms with Gasteiger partial charge in [0.05, 0.1) is 32.9 Å². The number of nitrogens with one attached hydrogen (secondary N) is 2. The predicted molar refractivity (Wildman–Crippen MR) is 88.3 cm³/mol. The van der Waals surface area contributed by atoms with Crippen molar-refractivity contribution in [3.8, 4) is 17.2 Å². The molecule has 0 unspecified atom stereocenters. The van der Waals surface area contributed by atoms with E-state index >= 15 is 0 Å². The van der Waals surface area contributed by atoms with Gasteiger partial charge in [0.2, 0.25) is 5.75 Å². The number of benzene rings is 1. The smallest absolute Gasteiger partial charge is 0.203 e. The Morgan fingerprint density at radius 1 is 1.00 bits per heavy atom. The Hall–Kier alpha value is -2.74. The van der Waals surface area contributed by atoms with Crippen LogP contribution < -0.4 is 19.5 Å². The summed E-state index contributed by atoms with van der Waals surface area (Å²) in [5, 5.41) is 10.8. The maximum Gasteiger partial charge on any atom is 0.203 e. The van der Waals surface area contributed by atoms with E-state index in [0.29, 0.717) is 28.7 Å². The fourth-order valence-corrected chi connectivity index (χ4v) is 2.15. The molecule has 122 valence electrons. The number of hydrogen-bond acceptors (Lipinski definition) is 7. The zero-order valence-electron chi connectivity index (χ0n) is 12.8. The van der Waals surface area contributed by atoms with Crippen LogP contribution in [0.2, 0.25) is 0 Å². The summed E-state index contributed by atoms with van der Waals surface area (Å²) < 4.78 is 16.0. The highest BCUT2D eigenvalue weighted by molar-refractivity contribution is 5.88. The number of rotatable bonds is 5. The lowest BCUT2D eigenvalue weighted by Gasteiger charge is -2.15. The lowest BCUT2D eigenvalue weighted by molar-refractivity contribution is 0.324. The van der Waals surface area contributed by atoms with Gasteiger partial charge in [-0.2, -0.15) is 5.10 Å². The summed E-state index contributed by atoms with van der Waals surface area (Å²) in [5.41, 5.74) is 1.40. The van der Waals surface area contributed by atoms with E-state index in [-0.39, 0.29) is 12.4 Å². The number of anilines is 2. The number of methoxy groups -OCH3 is 3. The molecular weight excluding hydrogens is 322 g/mol. The molecule has 0 saturated heterocycles. The van der Waals surface area contributed by atoms with Crippen molar-refractivity contribution < 1.29 is 14.2 Å². The maximum absolute atomic E-state index is 5.33. The van der Waals surface area contributed by atoms with Crippen molar-refractivity contribution in [3.63, 3.8) is 0 Å². The van der Waals surface area contributed by atoms with Crippen LogP contribution in [0.15, 0.2) is 24.7 Å². The van der Waals surface area contributed by atoms with Crippen LogP contribution in [-0.2, 0) is 0 Å². The third-order valence-electron chi connectivity index (χ3n) is 3.18. The molecule has 0 aliphatic carbocycles. The second kappa shape index (κ2) is 7.01. The van der Waals surface area contributed by atoms with Crippen LogP contribution in [0.3, 0.4) is 0 Å². The first-order valence-electron chi connectivity index (χ1n) is 6.48. The Bertz CT molecular complexity index is 783. The average Bonchev–Trinajstić information content (AvgIpc) is 3.03. The van der Waals surface area contributed by atoms with Crippen molar-refractivity contribution >= 4 is 34.9 Å². The second-order valence-corrected chi connectivity index (χ2v) is 4.39. The first-order valence-corrected chi connectivity index (χ1v) is 6.48. The SMILES string of the molecule is COc1cc(Nc2ncnc3[nH]ncc23)cc(OC)c1OC.Cl. The van der Waals surface area contributed by atoms with Crippen LogP contribution in [-0.4, -0.2) is 41.5 Å². The minimum Gasteiger partial charge on any atom is -0.493 e. The summed E-state index contributed by atoms with van der Waals surface area (Å²) >= 11 is 0. The highest BCUT2D eigenvalue weighted by atomic mass is 35.5. The monoisotopic (exact) mass is 337 g/mol. The quantitative estimate of drug-likeness (QED) is 0.738. The molecule has 23 heavy (non-hydrogen) atoms. The van der Waals surface area contributed by atoms with E-state index in [4.69, 9.17) is 14.2 Å².